The van der Waals surface area contributed by atoms with E-state index in [1.54, 1.807) is 0 Å². The second-order valence-corrected chi connectivity index (χ2v) is 9.77. The van der Waals surface area contributed by atoms with Crippen molar-refractivity contribution in [3.8, 4) is 28.0 Å². The number of nitrogens with zero attached hydrogens (tertiary/aromatic N) is 1. The number of anilines is 3. The van der Waals surface area contributed by atoms with Crippen LogP contribution in [0.4, 0.5) is 17.1 Å². The van der Waals surface area contributed by atoms with Crippen molar-refractivity contribution < 1.29 is 5.11 Å². The number of hydrogen-bond donors (Lipinski definition) is 2. The Morgan fingerprint density at radius 2 is 1.21 bits per heavy atom. The fourth-order valence-electron chi connectivity index (χ4n) is 5.58. The zero-order valence-corrected chi connectivity index (χ0v) is 22.4. The lowest BCUT2D eigenvalue weighted by Crippen LogP contribution is -2.17. The van der Waals surface area contributed by atoms with E-state index in [1.165, 1.54) is 21.9 Å². The molecule has 3 heteroatoms. The highest BCUT2D eigenvalue weighted by Gasteiger charge is 2.19. The van der Waals surface area contributed by atoms with Crippen molar-refractivity contribution in [1.29, 1.82) is 0 Å². The molecule has 0 aliphatic rings. The third-order valence-corrected chi connectivity index (χ3v) is 7.41. The van der Waals surface area contributed by atoms with Crippen LogP contribution < -0.4 is 10.2 Å². The molecule has 0 heterocycles. The molecule has 3 nitrogen and oxygen atoms in total. The summed E-state index contributed by atoms with van der Waals surface area (Å²) >= 11 is 0. The molecule has 0 saturated carbocycles. The molecule has 0 spiro atoms. The second kappa shape index (κ2) is 10.5. The van der Waals surface area contributed by atoms with Gasteiger partial charge >= 0.3 is 0 Å². The first-order chi connectivity index (χ1) is 19.2. The van der Waals surface area contributed by atoms with Crippen LogP contribution in [0.5, 0.6) is 5.75 Å². The molecule has 0 fully saturated rings. The number of fused-ring (bicyclic) bond motifs is 2. The third-order valence-electron chi connectivity index (χ3n) is 7.41. The maximum absolute atomic E-state index is 11.2. The van der Waals surface area contributed by atoms with Crippen molar-refractivity contribution in [2.45, 2.75) is 13.8 Å². The number of benzene rings is 6. The van der Waals surface area contributed by atoms with E-state index in [4.69, 9.17) is 0 Å². The van der Waals surface area contributed by atoms with E-state index >= 15 is 0 Å². The second-order valence-electron chi connectivity index (χ2n) is 9.77. The Morgan fingerprint density at radius 3 is 1.87 bits per heavy atom. The summed E-state index contributed by atoms with van der Waals surface area (Å²) in [7, 11) is 0. The quantitative estimate of drug-likeness (QED) is 0.225. The zero-order valence-electron chi connectivity index (χ0n) is 22.4. The van der Waals surface area contributed by atoms with E-state index in [1.807, 2.05) is 36.4 Å². The molecular formula is C36H32N2O. The number of rotatable bonds is 7. The molecule has 6 rings (SSSR count). The number of phenolic OH excluding ortho intramolecular Hbond substituents is 1. The van der Waals surface area contributed by atoms with Crippen molar-refractivity contribution >= 4 is 38.6 Å². The summed E-state index contributed by atoms with van der Waals surface area (Å²) in [6, 6.07) is 42.1. The highest BCUT2D eigenvalue weighted by atomic mass is 16.3. The third kappa shape index (κ3) is 4.57. The molecule has 0 aliphatic carbocycles. The molecule has 0 amide bonds. The smallest absolute Gasteiger partial charge is 0.124 e. The number of nitrogens with one attached hydrogen (secondary N) is 1. The van der Waals surface area contributed by atoms with E-state index in [0.29, 0.717) is 0 Å². The molecule has 2 N–H and O–H groups in total. The van der Waals surface area contributed by atoms with Gasteiger partial charge in [0.1, 0.15) is 5.75 Å². The fraction of sp³-hybridized carbons (Fsp3) is 0.111. The van der Waals surface area contributed by atoms with Gasteiger partial charge in [0.15, 0.2) is 0 Å². The maximum atomic E-state index is 11.2. The molecular weight excluding hydrogens is 476 g/mol. The Labute approximate surface area is 230 Å². The van der Waals surface area contributed by atoms with E-state index in [2.05, 4.69) is 109 Å². The number of hydrogen-bond acceptors (Lipinski definition) is 3. The zero-order chi connectivity index (χ0) is 26.8. The maximum Gasteiger partial charge on any atom is 0.124 e. The minimum atomic E-state index is 0.286. The Hall–Kier alpha value is -4.76. The average Bonchev–Trinajstić information content (AvgIpc) is 2.98. The Balaban J connectivity index is 1.59. The predicted octanol–water partition coefficient (Wildman–Crippen LogP) is 9.62. The van der Waals surface area contributed by atoms with Crippen LogP contribution in [-0.4, -0.2) is 18.2 Å². The average molecular weight is 509 g/mol. The minimum Gasteiger partial charge on any atom is -0.507 e. The predicted molar refractivity (Wildman–Crippen MR) is 167 cm³/mol. The number of aromatic hydroxyl groups is 1. The highest BCUT2D eigenvalue weighted by Crippen LogP contribution is 2.43. The summed E-state index contributed by atoms with van der Waals surface area (Å²) in [5.74, 6) is 0.286. The lowest BCUT2D eigenvalue weighted by Gasteiger charge is -2.28. The Kier molecular flexibility index (Phi) is 6.64. The molecule has 0 aromatic heterocycles. The van der Waals surface area contributed by atoms with Gasteiger partial charge < -0.3 is 15.3 Å². The van der Waals surface area contributed by atoms with Crippen LogP contribution >= 0.6 is 0 Å². The van der Waals surface area contributed by atoms with Gasteiger partial charge in [-0.3, -0.25) is 0 Å². The van der Waals surface area contributed by atoms with Gasteiger partial charge in [-0.15, -0.1) is 0 Å². The lowest BCUT2D eigenvalue weighted by molar-refractivity contribution is 0.478. The first-order valence-electron chi connectivity index (χ1n) is 13.6. The van der Waals surface area contributed by atoms with Crippen LogP contribution in [0.1, 0.15) is 13.8 Å². The van der Waals surface area contributed by atoms with Gasteiger partial charge in [-0.25, -0.2) is 0 Å². The van der Waals surface area contributed by atoms with Crippen LogP contribution in [0.3, 0.4) is 0 Å². The first kappa shape index (κ1) is 24.6. The summed E-state index contributed by atoms with van der Waals surface area (Å²) in [4.78, 5) is 2.37. The van der Waals surface area contributed by atoms with Gasteiger partial charge in [0.2, 0.25) is 0 Å². The molecule has 0 radical (unpaired) electrons. The van der Waals surface area contributed by atoms with Crippen molar-refractivity contribution in [2.24, 2.45) is 0 Å². The summed E-state index contributed by atoms with van der Waals surface area (Å²) in [6.07, 6.45) is 0. The lowest BCUT2D eigenvalue weighted by atomic mass is 9.96. The molecule has 0 unspecified atom stereocenters. The van der Waals surface area contributed by atoms with Crippen LogP contribution in [0, 0.1) is 0 Å². The van der Waals surface area contributed by atoms with Gasteiger partial charge in [0, 0.05) is 52.1 Å². The molecule has 192 valence electrons. The Bertz CT molecular complexity index is 1760. The minimum absolute atomic E-state index is 0.286. The summed E-state index contributed by atoms with van der Waals surface area (Å²) in [5, 5.41) is 19.2. The molecule has 0 bridgehead atoms. The summed E-state index contributed by atoms with van der Waals surface area (Å²) in [5.41, 5.74) is 7.55. The van der Waals surface area contributed by atoms with Gasteiger partial charge in [-0.2, -0.15) is 0 Å². The van der Waals surface area contributed by atoms with Gasteiger partial charge in [0.25, 0.3) is 0 Å². The van der Waals surface area contributed by atoms with E-state index in [9.17, 15) is 5.11 Å². The largest absolute Gasteiger partial charge is 0.507 e. The normalized spacial score (nSPS) is 11.1. The molecule has 6 aromatic carbocycles. The molecule has 0 atom stereocenters. The fourth-order valence-corrected chi connectivity index (χ4v) is 5.58. The molecule has 6 aromatic rings. The molecule has 0 aliphatic heterocycles. The van der Waals surface area contributed by atoms with Gasteiger partial charge in [-0.1, -0.05) is 84.9 Å². The standard InChI is InChI=1S/C36H32N2O/c1-3-37-33-19-11-17-27-21-30(25-13-7-5-8-14-25)35(23-29(27)33)38(4-2)34-20-12-18-28-22-32(36(39)24-31(28)34)26-15-9-6-10-16-26/h5-24,37,39H,3-4H2,1-2H3. The van der Waals surface area contributed by atoms with E-state index in [-0.39, 0.29) is 5.75 Å². The van der Waals surface area contributed by atoms with Crippen molar-refractivity contribution in [3.05, 3.63) is 121 Å². The van der Waals surface area contributed by atoms with E-state index in [0.717, 1.165) is 52.1 Å². The van der Waals surface area contributed by atoms with Crippen molar-refractivity contribution in [2.75, 3.05) is 23.3 Å². The van der Waals surface area contributed by atoms with Crippen LogP contribution in [-0.2, 0) is 0 Å². The molecule has 39 heavy (non-hydrogen) atoms. The van der Waals surface area contributed by atoms with Crippen LogP contribution in [0.2, 0.25) is 0 Å². The first-order valence-corrected chi connectivity index (χ1v) is 13.6. The topological polar surface area (TPSA) is 35.5 Å². The summed E-state index contributed by atoms with van der Waals surface area (Å²) < 4.78 is 0. The number of phenols is 1. The Morgan fingerprint density at radius 1 is 0.590 bits per heavy atom. The van der Waals surface area contributed by atoms with Crippen LogP contribution in [0.15, 0.2) is 121 Å². The summed E-state index contributed by atoms with van der Waals surface area (Å²) in [6.45, 7) is 5.95. The molecule has 0 saturated heterocycles. The monoisotopic (exact) mass is 508 g/mol. The van der Waals surface area contributed by atoms with Crippen molar-refractivity contribution in [3.63, 3.8) is 0 Å². The van der Waals surface area contributed by atoms with Gasteiger partial charge in [0.05, 0.1) is 0 Å². The van der Waals surface area contributed by atoms with E-state index < -0.39 is 0 Å². The SMILES string of the molecule is CCNc1cccc2cc(-c3ccccc3)c(N(CC)c3cccc4cc(-c5ccccc5)c(O)cc34)cc12. The van der Waals surface area contributed by atoms with Crippen molar-refractivity contribution in [1.82, 2.24) is 0 Å². The van der Waals surface area contributed by atoms with Gasteiger partial charge in [-0.05, 0) is 72.1 Å². The van der Waals surface area contributed by atoms with Crippen LogP contribution in [0.25, 0.3) is 43.8 Å². The highest BCUT2D eigenvalue weighted by molar-refractivity contribution is 6.05.